The normalized spacial score (nSPS) is 36.4. The summed E-state index contributed by atoms with van der Waals surface area (Å²) in [6, 6.07) is 21.7. The van der Waals surface area contributed by atoms with Crippen LogP contribution < -0.4 is 5.32 Å². The number of aliphatic hydroxyl groups is 2. The Labute approximate surface area is 276 Å². The molecule has 3 aliphatic heterocycles. The quantitative estimate of drug-likeness (QED) is 0.393. The van der Waals surface area contributed by atoms with E-state index in [0.29, 0.717) is 67.1 Å². The number of rotatable bonds is 8. The molecule has 2 aromatic rings. The number of amides is 1. The van der Waals surface area contributed by atoms with Crippen molar-refractivity contribution in [3.05, 3.63) is 71.8 Å². The van der Waals surface area contributed by atoms with Crippen LogP contribution in [0.5, 0.6) is 0 Å². The molecule has 3 unspecified atom stereocenters. The van der Waals surface area contributed by atoms with Gasteiger partial charge in [-0.3, -0.25) is 9.69 Å². The minimum absolute atomic E-state index is 0.171. The monoisotopic (exact) mass is 631 g/mol. The van der Waals surface area contributed by atoms with Crippen LogP contribution in [0.25, 0.3) is 0 Å². The Balaban J connectivity index is 0.000000127. The number of benzene rings is 2. The number of carbonyl (C=O) groups excluding carboxylic acids is 1. The lowest BCUT2D eigenvalue weighted by Gasteiger charge is -2.29. The Hall–Kier alpha value is -2.29. The Bertz CT molecular complexity index is 1350. The van der Waals surface area contributed by atoms with Gasteiger partial charge in [0.05, 0.1) is 32.5 Å². The molecule has 0 bridgehead atoms. The second kappa shape index (κ2) is 12.6. The molecule has 0 aromatic heterocycles. The van der Waals surface area contributed by atoms with Crippen LogP contribution in [-0.2, 0) is 22.7 Å². The maximum absolute atomic E-state index is 12.1. The molecule has 7 nitrogen and oxygen atoms in total. The van der Waals surface area contributed by atoms with Gasteiger partial charge in [0.1, 0.15) is 0 Å². The predicted octanol–water partition coefficient (Wildman–Crippen LogP) is 4.67. The second-order valence-corrected chi connectivity index (χ2v) is 16.6. The molecule has 3 aliphatic carbocycles. The fraction of sp³-hybridized carbons (Fsp3) is 0.667. The van der Waals surface area contributed by atoms with Gasteiger partial charge in [0.2, 0.25) is 5.91 Å². The highest BCUT2D eigenvalue weighted by Crippen LogP contribution is 2.66. The number of fused-ring (bicyclic) bond motifs is 3. The van der Waals surface area contributed by atoms with Gasteiger partial charge in [0.25, 0.3) is 0 Å². The fourth-order valence-electron chi connectivity index (χ4n) is 9.88. The molecule has 6 fully saturated rings. The Morgan fingerprint density at radius 2 is 1.39 bits per heavy atom. The van der Waals surface area contributed by atoms with E-state index in [0.717, 1.165) is 37.4 Å². The van der Waals surface area contributed by atoms with Crippen molar-refractivity contribution in [1.82, 2.24) is 15.1 Å². The first-order valence-corrected chi connectivity index (χ1v) is 17.5. The average molecular weight is 632 g/mol. The molecule has 8 rings (SSSR count). The van der Waals surface area contributed by atoms with Crippen molar-refractivity contribution in [1.29, 1.82) is 0 Å². The first-order valence-electron chi connectivity index (χ1n) is 17.5. The third-order valence-corrected chi connectivity index (χ3v) is 13.1. The zero-order valence-electron chi connectivity index (χ0n) is 29.0. The van der Waals surface area contributed by atoms with Crippen LogP contribution in [0.1, 0.15) is 52.7 Å². The largest absolute Gasteiger partial charge is 0.395 e. The molecule has 9 atom stereocenters. The molecule has 46 heavy (non-hydrogen) atoms. The van der Waals surface area contributed by atoms with Crippen molar-refractivity contribution in [2.24, 2.45) is 51.8 Å². The van der Waals surface area contributed by atoms with E-state index in [2.05, 4.69) is 94.2 Å². The lowest BCUT2D eigenvalue weighted by molar-refractivity contribution is -0.132. The molecule has 0 radical (unpaired) electrons. The van der Waals surface area contributed by atoms with E-state index < -0.39 is 0 Å². The van der Waals surface area contributed by atoms with Gasteiger partial charge in [-0.25, -0.2) is 0 Å². The van der Waals surface area contributed by atoms with E-state index in [-0.39, 0.29) is 17.4 Å². The number of nitrogens with zero attached hydrogens (tertiary/aromatic N) is 2. The summed E-state index contributed by atoms with van der Waals surface area (Å²) in [5.41, 5.74) is 3.68. The fourth-order valence-corrected chi connectivity index (χ4v) is 9.88. The number of nitrogens with one attached hydrogen (secondary N) is 1. The molecular weight excluding hydrogens is 574 g/mol. The molecule has 0 spiro atoms. The summed E-state index contributed by atoms with van der Waals surface area (Å²) in [7, 11) is 1.90. The third kappa shape index (κ3) is 6.07. The van der Waals surface area contributed by atoms with Gasteiger partial charge in [-0.05, 0) is 63.5 Å². The van der Waals surface area contributed by atoms with Crippen molar-refractivity contribution in [3.8, 4) is 0 Å². The van der Waals surface area contributed by atoms with E-state index in [9.17, 15) is 9.90 Å². The average Bonchev–Trinajstić information content (AvgIpc) is 3.67. The summed E-state index contributed by atoms with van der Waals surface area (Å²) in [5, 5.41) is 21.8. The van der Waals surface area contributed by atoms with Crippen LogP contribution in [0.15, 0.2) is 60.7 Å². The van der Waals surface area contributed by atoms with Gasteiger partial charge in [-0.1, -0.05) is 102 Å². The summed E-state index contributed by atoms with van der Waals surface area (Å²) >= 11 is 0. The van der Waals surface area contributed by atoms with Crippen LogP contribution in [-0.4, -0.2) is 84.0 Å². The number of likely N-dealkylation sites (N-methyl/N-ethyl adjacent to an activating group) is 1. The predicted molar refractivity (Wildman–Crippen MR) is 182 cm³/mol. The van der Waals surface area contributed by atoms with Gasteiger partial charge in [-0.2, -0.15) is 0 Å². The number of hydrogen-bond donors (Lipinski definition) is 3. The minimum Gasteiger partial charge on any atom is -0.395 e. The third-order valence-electron chi connectivity index (χ3n) is 13.1. The van der Waals surface area contributed by atoms with Crippen LogP contribution in [0.3, 0.4) is 0 Å². The first-order chi connectivity index (χ1) is 21.8. The number of aliphatic hydroxyl groups excluding tert-OH is 2. The zero-order valence-corrected chi connectivity index (χ0v) is 29.0. The van der Waals surface area contributed by atoms with E-state index in [1.165, 1.54) is 11.1 Å². The van der Waals surface area contributed by atoms with E-state index in [4.69, 9.17) is 9.84 Å². The maximum Gasteiger partial charge on any atom is 0.226 e. The molecule has 6 aliphatic rings. The SMILES string of the molecule is CC1(C)C2CN(Cc3ccccc3)[C@H](CO)[C@H]21.CC1(C)C2CN[C@H](CO)[C@H]21.CN1C(=O)C2[C@@H]([C@H]1COCc1ccccc1)C2(C)C. The molecule has 252 valence electrons. The number of likely N-dealkylation sites (tertiary alicyclic amines) is 2. The second-order valence-electron chi connectivity index (χ2n) is 16.6. The minimum atomic E-state index is 0.171. The number of hydrogen-bond acceptors (Lipinski definition) is 6. The summed E-state index contributed by atoms with van der Waals surface area (Å²) in [6.07, 6.45) is 0. The molecule has 7 heteroatoms. The summed E-state index contributed by atoms with van der Waals surface area (Å²) in [5.74, 6) is 4.08. The smallest absolute Gasteiger partial charge is 0.226 e. The lowest BCUT2D eigenvalue weighted by atomic mass is 10.0. The van der Waals surface area contributed by atoms with Crippen molar-refractivity contribution < 1.29 is 19.7 Å². The molecule has 1 amide bonds. The van der Waals surface area contributed by atoms with Crippen LogP contribution >= 0.6 is 0 Å². The Morgan fingerprint density at radius 1 is 0.783 bits per heavy atom. The molecule has 2 aromatic carbocycles. The lowest BCUT2D eigenvalue weighted by Crippen LogP contribution is -2.39. The van der Waals surface area contributed by atoms with Crippen molar-refractivity contribution in [2.45, 2.75) is 72.8 Å². The summed E-state index contributed by atoms with van der Waals surface area (Å²) in [6.45, 7) is 18.8. The van der Waals surface area contributed by atoms with Crippen molar-refractivity contribution >= 4 is 5.91 Å². The van der Waals surface area contributed by atoms with Crippen LogP contribution in [0.2, 0.25) is 0 Å². The highest BCUT2D eigenvalue weighted by Gasteiger charge is 2.71. The zero-order chi connectivity index (χ0) is 33.0. The Morgan fingerprint density at radius 3 is 1.91 bits per heavy atom. The van der Waals surface area contributed by atoms with Gasteiger partial charge in [-0.15, -0.1) is 0 Å². The first kappa shape index (κ1) is 33.6. The highest BCUT2D eigenvalue weighted by atomic mass is 16.5. The van der Waals surface area contributed by atoms with E-state index >= 15 is 0 Å². The number of piperidine rings is 3. The number of carbonyl (C=O) groups is 1. The van der Waals surface area contributed by atoms with Gasteiger partial charge in [0.15, 0.2) is 0 Å². The van der Waals surface area contributed by atoms with E-state index in [1.807, 2.05) is 30.1 Å². The molecule has 3 saturated carbocycles. The summed E-state index contributed by atoms with van der Waals surface area (Å²) in [4.78, 5) is 16.4. The van der Waals surface area contributed by atoms with Gasteiger partial charge >= 0.3 is 0 Å². The summed E-state index contributed by atoms with van der Waals surface area (Å²) < 4.78 is 5.82. The number of ether oxygens (including phenoxy) is 1. The van der Waals surface area contributed by atoms with Gasteiger partial charge < -0.3 is 25.2 Å². The Kier molecular flexibility index (Phi) is 9.22. The molecular formula is C39H57N3O4. The standard InChI is InChI=1S/C16H21NO2.C15H21NO.C8H15NO/c1-16(2)13-12(17(3)15(18)14(13)16)10-19-9-11-7-5-4-6-8-11;1-15(2)12-9-16(13(10-17)14(12)15)8-11-6-4-3-5-7-11;1-8(2)5-3-9-6(4-10)7(5)8/h4-8,12-14H,9-10H2,1-3H3;3-7,12-14,17H,8-10H2,1-2H3;5-7,9-10H,3-4H2,1-2H3/t12-,13-,14?;12?,13-,14+;5?,6-,7+/m111/s1. The van der Waals surface area contributed by atoms with Crippen molar-refractivity contribution in [2.75, 3.05) is 40.0 Å². The van der Waals surface area contributed by atoms with E-state index in [1.54, 1.807) is 0 Å². The van der Waals surface area contributed by atoms with Crippen molar-refractivity contribution in [3.63, 3.8) is 0 Å². The maximum atomic E-state index is 12.1. The van der Waals surface area contributed by atoms with Gasteiger partial charge in [0, 0.05) is 38.1 Å². The highest BCUT2D eigenvalue weighted by molar-refractivity contribution is 5.86. The molecule has 3 N–H and O–H groups in total. The van der Waals surface area contributed by atoms with Crippen LogP contribution in [0, 0.1) is 51.8 Å². The molecule has 3 heterocycles. The van der Waals surface area contributed by atoms with Crippen LogP contribution in [0.4, 0.5) is 0 Å². The molecule has 3 saturated heterocycles. The topological polar surface area (TPSA) is 85.3 Å².